The van der Waals surface area contributed by atoms with Gasteiger partial charge in [0.2, 0.25) is 11.8 Å². The first kappa shape index (κ1) is 33.0. The summed E-state index contributed by atoms with van der Waals surface area (Å²) in [6, 6.07) is 28.6. The van der Waals surface area contributed by atoms with Gasteiger partial charge < -0.3 is 20.0 Å². The van der Waals surface area contributed by atoms with E-state index in [-0.39, 0.29) is 37.4 Å². The van der Waals surface area contributed by atoms with Gasteiger partial charge in [-0.1, -0.05) is 89.6 Å². The van der Waals surface area contributed by atoms with Crippen molar-refractivity contribution >= 4 is 50.7 Å². The predicted octanol–water partition coefficient (Wildman–Crippen LogP) is 6.32. The van der Waals surface area contributed by atoms with Crippen LogP contribution in [0.2, 0.25) is 0 Å². The maximum Gasteiger partial charge on any atom is 0.264 e. The Morgan fingerprint density at radius 3 is 2.49 bits per heavy atom. The van der Waals surface area contributed by atoms with Gasteiger partial charge in [-0.25, -0.2) is 0 Å². The number of nitrogens with zero attached hydrogens (tertiary/aromatic N) is 3. The van der Waals surface area contributed by atoms with Crippen LogP contribution in [0.5, 0.6) is 0 Å². The van der Waals surface area contributed by atoms with E-state index in [1.165, 1.54) is 0 Å². The van der Waals surface area contributed by atoms with E-state index in [0.717, 1.165) is 38.1 Å². The lowest BCUT2D eigenvalue weighted by atomic mass is 9.83. The average Bonchev–Trinajstić information content (AvgIpc) is 3.32. The number of halogens is 1. The number of fused-ring (bicyclic) bond motifs is 3. The van der Waals surface area contributed by atoms with Gasteiger partial charge in [0.05, 0.1) is 30.6 Å². The number of para-hydroxylation sites is 1. The third-order valence-electron chi connectivity index (χ3n) is 10.1. The fraction of sp³-hybridized carbons (Fsp3) is 0.275. The number of anilines is 3. The third-order valence-corrected chi connectivity index (χ3v) is 10.6. The molecule has 7 rings (SSSR count). The lowest BCUT2D eigenvalue weighted by Crippen LogP contribution is -2.46. The van der Waals surface area contributed by atoms with Crippen LogP contribution in [0, 0.1) is 5.92 Å². The van der Waals surface area contributed by atoms with E-state index in [4.69, 9.17) is 0 Å². The molecule has 0 bridgehead atoms. The average molecular weight is 721 g/mol. The summed E-state index contributed by atoms with van der Waals surface area (Å²) in [6.07, 6.45) is 5.24. The standard InChI is InChI=1S/C40H38BrN3O5/c1-26(8-6-15-37(46)42-24-30-12-3-2-11-29(30)21-33(42)25-45)40(49)34-22-31(41)17-18-36(34)43(39(40)48)23-27-9-7-13-32(20-27)44-35-14-5-4-10-28(35)16-19-38(44)47/h2-14,17-18,20,22,26,33,45,49H,15-16,19,21,23-25H2,1H3/b8-6+/t26-,33+,40+/m1/s1. The van der Waals surface area contributed by atoms with Gasteiger partial charge in [-0.05, 0) is 71.5 Å². The van der Waals surface area contributed by atoms with Gasteiger partial charge in [0, 0.05) is 41.0 Å². The number of rotatable bonds is 8. The molecule has 49 heavy (non-hydrogen) atoms. The summed E-state index contributed by atoms with van der Waals surface area (Å²) in [7, 11) is 0. The molecule has 3 aliphatic heterocycles. The molecule has 2 N–H and O–H groups in total. The van der Waals surface area contributed by atoms with E-state index in [1.807, 2.05) is 84.9 Å². The Labute approximate surface area is 294 Å². The molecule has 4 aromatic rings. The zero-order valence-corrected chi connectivity index (χ0v) is 28.8. The highest BCUT2D eigenvalue weighted by Gasteiger charge is 2.52. The van der Waals surface area contributed by atoms with Crippen LogP contribution >= 0.6 is 15.9 Å². The van der Waals surface area contributed by atoms with Gasteiger partial charge in [-0.15, -0.1) is 0 Å². The monoisotopic (exact) mass is 719 g/mol. The van der Waals surface area contributed by atoms with Crippen LogP contribution in [0.1, 0.15) is 47.6 Å². The Kier molecular flexibility index (Phi) is 9.00. The van der Waals surface area contributed by atoms with Gasteiger partial charge in [0.15, 0.2) is 5.60 Å². The Balaban J connectivity index is 1.11. The molecular weight excluding hydrogens is 682 g/mol. The number of aliphatic hydroxyl groups is 2. The molecule has 250 valence electrons. The van der Waals surface area contributed by atoms with Crippen LogP contribution in [0.3, 0.4) is 0 Å². The van der Waals surface area contributed by atoms with Gasteiger partial charge in [-0.3, -0.25) is 19.3 Å². The second-order valence-electron chi connectivity index (χ2n) is 13.1. The predicted molar refractivity (Wildman–Crippen MR) is 192 cm³/mol. The van der Waals surface area contributed by atoms with Crippen LogP contribution in [0.25, 0.3) is 0 Å². The largest absolute Gasteiger partial charge is 0.394 e. The third kappa shape index (κ3) is 6.00. The number of hydrogen-bond acceptors (Lipinski definition) is 5. The van der Waals surface area contributed by atoms with Crippen molar-refractivity contribution < 1.29 is 24.6 Å². The molecule has 9 heteroatoms. The number of carbonyl (C=O) groups is 3. The molecule has 3 amide bonds. The van der Waals surface area contributed by atoms with E-state index < -0.39 is 17.4 Å². The molecule has 0 radical (unpaired) electrons. The molecule has 3 aliphatic rings. The molecule has 3 atom stereocenters. The minimum absolute atomic E-state index is 0.0220. The fourth-order valence-corrected chi connectivity index (χ4v) is 7.80. The van der Waals surface area contributed by atoms with Crippen molar-refractivity contribution in [2.75, 3.05) is 16.4 Å². The van der Waals surface area contributed by atoms with Crippen molar-refractivity contribution in [3.8, 4) is 0 Å². The van der Waals surface area contributed by atoms with Gasteiger partial charge in [-0.2, -0.15) is 0 Å². The van der Waals surface area contributed by atoms with Crippen molar-refractivity contribution in [3.05, 3.63) is 135 Å². The Morgan fingerprint density at radius 2 is 1.69 bits per heavy atom. The maximum atomic E-state index is 14.2. The number of amides is 3. The van der Waals surface area contributed by atoms with Crippen molar-refractivity contribution in [3.63, 3.8) is 0 Å². The zero-order valence-electron chi connectivity index (χ0n) is 27.3. The van der Waals surface area contributed by atoms with E-state index in [9.17, 15) is 24.6 Å². The van der Waals surface area contributed by atoms with Crippen LogP contribution in [0.4, 0.5) is 17.1 Å². The molecule has 0 aliphatic carbocycles. The first-order chi connectivity index (χ1) is 23.7. The molecule has 4 aromatic carbocycles. The minimum atomic E-state index is -1.87. The van der Waals surface area contributed by atoms with Gasteiger partial charge in [0.25, 0.3) is 5.91 Å². The normalized spacial score (nSPS) is 20.7. The highest BCUT2D eigenvalue weighted by molar-refractivity contribution is 9.10. The summed E-state index contributed by atoms with van der Waals surface area (Å²) < 4.78 is 0.732. The maximum absolute atomic E-state index is 14.2. The van der Waals surface area contributed by atoms with Crippen molar-refractivity contribution in [1.29, 1.82) is 0 Å². The van der Waals surface area contributed by atoms with E-state index >= 15 is 0 Å². The smallest absolute Gasteiger partial charge is 0.264 e. The highest BCUT2D eigenvalue weighted by Crippen LogP contribution is 2.47. The lowest BCUT2D eigenvalue weighted by molar-refractivity contribution is -0.139. The second-order valence-corrected chi connectivity index (χ2v) is 14.0. The summed E-state index contributed by atoms with van der Waals surface area (Å²) in [5, 5.41) is 22.2. The van der Waals surface area contributed by atoms with Gasteiger partial charge in [0.1, 0.15) is 0 Å². The molecule has 0 saturated heterocycles. The SMILES string of the molecule is C[C@H](/C=C/CC(=O)N1Cc2ccccc2C[C@H]1CO)[C@@]1(O)C(=O)N(Cc2cccc(N3C(=O)CCc4ccccc43)c2)c2ccc(Br)cc21. The summed E-state index contributed by atoms with van der Waals surface area (Å²) in [4.78, 5) is 45.8. The number of aliphatic hydroxyl groups excluding tert-OH is 1. The van der Waals surface area contributed by atoms with Gasteiger partial charge >= 0.3 is 0 Å². The summed E-state index contributed by atoms with van der Waals surface area (Å²) >= 11 is 3.52. The number of carbonyl (C=O) groups excluding carboxylic acids is 3. The zero-order chi connectivity index (χ0) is 34.3. The molecule has 0 aromatic heterocycles. The van der Waals surface area contributed by atoms with Crippen molar-refractivity contribution in [2.24, 2.45) is 5.92 Å². The molecular formula is C40H38BrN3O5. The Bertz CT molecular complexity index is 1980. The number of aryl methyl sites for hydroxylation is 1. The van der Waals surface area contributed by atoms with Crippen LogP contribution in [-0.2, 0) is 45.9 Å². The Morgan fingerprint density at radius 1 is 0.939 bits per heavy atom. The molecule has 0 unspecified atom stereocenters. The minimum Gasteiger partial charge on any atom is -0.394 e. The van der Waals surface area contributed by atoms with E-state index in [1.54, 1.807) is 39.8 Å². The van der Waals surface area contributed by atoms with Crippen LogP contribution in [0.15, 0.2) is 108 Å². The second kappa shape index (κ2) is 13.4. The van der Waals surface area contributed by atoms with Crippen molar-refractivity contribution in [2.45, 2.75) is 57.3 Å². The number of hydrogen-bond donors (Lipinski definition) is 2. The van der Waals surface area contributed by atoms with Crippen LogP contribution in [-0.4, -0.2) is 45.5 Å². The van der Waals surface area contributed by atoms with Crippen LogP contribution < -0.4 is 9.80 Å². The van der Waals surface area contributed by atoms with E-state index in [0.29, 0.717) is 37.1 Å². The molecule has 0 spiro atoms. The molecule has 3 heterocycles. The fourth-order valence-electron chi connectivity index (χ4n) is 7.44. The van der Waals surface area contributed by atoms with Crippen molar-refractivity contribution in [1.82, 2.24) is 4.90 Å². The molecule has 0 saturated carbocycles. The highest BCUT2D eigenvalue weighted by atomic mass is 79.9. The summed E-state index contributed by atoms with van der Waals surface area (Å²) in [6.45, 7) is 2.28. The first-order valence-electron chi connectivity index (χ1n) is 16.7. The number of benzene rings is 4. The summed E-state index contributed by atoms with van der Waals surface area (Å²) in [5.41, 5.74) is 4.97. The summed E-state index contributed by atoms with van der Waals surface area (Å²) in [5.74, 6) is -1.22. The molecule has 0 fully saturated rings. The quantitative estimate of drug-likeness (QED) is 0.208. The topological polar surface area (TPSA) is 101 Å². The first-order valence-corrected chi connectivity index (χ1v) is 17.5. The lowest BCUT2D eigenvalue weighted by Gasteiger charge is -2.36. The van der Waals surface area contributed by atoms with E-state index in [2.05, 4.69) is 15.9 Å². The molecule has 8 nitrogen and oxygen atoms in total. The Hall–Kier alpha value is -4.57.